The van der Waals surface area contributed by atoms with E-state index in [0.29, 0.717) is 5.56 Å². The molecule has 33 heavy (non-hydrogen) atoms. The van der Waals surface area contributed by atoms with Gasteiger partial charge in [-0.1, -0.05) is 19.1 Å². The Morgan fingerprint density at radius 1 is 1.12 bits per heavy atom. The Hall–Kier alpha value is -2.66. The molecule has 4 rings (SSSR count). The highest BCUT2D eigenvalue weighted by molar-refractivity contribution is 6.32. The molecule has 178 valence electrons. The van der Waals surface area contributed by atoms with Gasteiger partial charge in [0.1, 0.15) is 5.75 Å². The zero-order chi connectivity index (χ0) is 23.9. The number of halogens is 1. The fourth-order valence-corrected chi connectivity index (χ4v) is 5.95. The van der Waals surface area contributed by atoms with Crippen LogP contribution >= 0.6 is 12.4 Å². The smallest absolute Gasteiger partial charge is 0.235 e. The molecule has 0 spiro atoms. The number of fused-ring (bicyclic) bond motifs is 3. The van der Waals surface area contributed by atoms with Gasteiger partial charge in [0.25, 0.3) is 0 Å². The quantitative estimate of drug-likeness (QED) is 0.379. The summed E-state index contributed by atoms with van der Waals surface area (Å²) >= 11 is 0. The van der Waals surface area contributed by atoms with Gasteiger partial charge in [-0.05, 0) is 31.6 Å². The molecule has 0 heterocycles. The average molecular weight is 481 g/mol. The monoisotopic (exact) mass is 480 g/mol. The normalized spacial score (nSPS) is 37.7. The molecule has 0 bridgehead atoms. The van der Waals surface area contributed by atoms with Gasteiger partial charge in [0.2, 0.25) is 5.91 Å². The van der Waals surface area contributed by atoms with Crippen molar-refractivity contribution < 1.29 is 39.3 Å². The van der Waals surface area contributed by atoms with Crippen LogP contribution in [0, 0.1) is 23.7 Å². The van der Waals surface area contributed by atoms with E-state index in [9.17, 15) is 39.3 Å². The lowest BCUT2D eigenvalue weighted by atomic mass is 9.49. The first-order chi connectivity index (χ1) is 14.9. The van der Waals surface area contributed by atoms with Crippen molar-refractivity contribution in [1.29, 1.82) is 0 Å². The molecule has 0 aromatic heterocycles. The molecule has 0 saturated heterocycles. The van der Waals surface area contributed by atoms with Crippen molar-refractivity contribution >= 4 is 41.4 Å². The zero-order valence-corrected chi connectivity index (χ0v) is 18.9. The number of carbonyl (C=O) groups is 5. The summed E-state index contributed by atoms with van der Waals surface area (Å²) in [6.45, 7) is 1.66. The van der Waals surface area contributed by atoms with Crippen LogP contribution in [0.25, 0.3) is 0 Å². The first kappa shape index (κ1) is 25.0. The highest BCUT2D eigenvalue weighted by Crippen LogP contribution is 2.54. The summed E-state index contributed by atoms with van der Waals surface area (Å²) in [6.07, 6.45) is -1.62. The number of hydrogen-bond donors (Lipinski definition) is 4. The molecular weight excluding hydrogens is 456 g/mol. The molecule has 3 aliphatic rings. The van der Waals surface area contributed by atoms with Gasteiger partial charge in [-0.15, -0.1) is 12.4 Å². The number of hydrogen-bond acceptors (Lipinski definition) is 9. The minimum Gasteiger partial charge on any atom is -0.507 e. The van der Waals surface area contributed by atoms with E-state index in [0.717, 1.165) is 0 Å². The maximum Gasteiger partial charge on any atom is 0.235 e. The number of likely N-dealkylation sites (N-methyl/N-ethyl adjacent to an activating group) is 1. The topological polar surface area (TPSA) is 175 Å². The Balaban J connectivity index is 0.00000306. The van der Waals surface area contributed by atoms with Crippen molar-refractivity contribution in [2.45, 2.75) is 30.6 Å². The van der Waals surface area contributed by atoms with Crippen LogP contribution in [0.15, 0.2) is 18.2 Å². The van der Waals surface area contributed by atoms with Gasteiger partial charge in [-0.2, -0.15) is 0 Å². The minimum absolute atomic E-state index is 0. The van der Waals surface area contributed by atoms with Gasteiger partial charge in [0.05, 0.1) is 29.5 Å². The van der Waals surface area contributed by atoms with Crippen LogP contribution in [0.2, 0.25) is 0 Å². The molecule has 1 amide bonds. The summed E-state index contributed by atoms with van der Waals surface area (Å²) in [5.74, 6) is -13.1. The van der Waals surface area contributed by atoms with Crippen molar-refractivity contribution in [3.05, 3.63) is 29.3 Å². The van der Waals surface area contributed by atoms with Crippen LogP contribution in [0.3, 0.4) is 0 Å². The SMILES string of the molecule is C[C@H]1c2cccc(O)c2C(=O)C2C(=O)[C@]3(O)C(=O)C(C(N)=O)C(=O)[C@@H](N(C)C)[C@@H]3[C@@H](O)[C@@H]21.Cl. The number of ketones is 4. The fourth-order valence-electron chi connectivity index (χ4n) is 5.95. The fraction of sp³-hybridized carbons (Fsp3) is 0.500. The van der Waals surface area contributed by atoms with Gasteiger partial charge in [0, 0.05) is 5.92 Å². The number of aliphatic hydroxyl groups is 2. The molecule has 0 aliphatic heterocycles. The number of carbonyl (C=O) groups excluding carboxylic acids is 5. The van der Waals surface area contributed by atoms with Gasteiger partial charge in [-0.25, -0.2) is 0 Å². The van der Waals surface area contributed by atoms with Crippen LogP contribution in [0.5, 0.6) is 5.75 Å². The molecule has 1 aromatic carbocycles. The summed E-state index contributed by atoms with van der Waals surface area (Å²) in [4.78, 5) is 66.3. The largest absolute Gasteiger partial charge is 0.507 e. The standard InChI is InChI=1S/C22H24N2O8.ClH/c1-7-8-5-4-6-9(25)11(8)16(26)12-10(7)17(27)14-15(24(2)3)18(28)13(21(23)31)20(30)22(14,32)19(12)29;/h4-7,10,12-15,17,25,27,32H,1-3H3,(H2,23,31);1H/t7-,10+,12?,13?,14+,15-,17-,22-;/m0./s1. The zero-order valence-electron chi connectivity index (χ0n) is 18.1. The second-order valence-corrected chi connectivity index (χ2v) is 9.11. The second-order valence-electron chi connectivity index (χ2n) is 9.11. The van der Waals surface area contributed by atoms with E-state index in [2.05, 4.69) is 0 Å². The lowest BCUT2D eigenvalue weighted by molar-refractivity contribution is -0.196. The summed E-state index contributed by atoms with van der Waals surface area (Å²) in [7, 11) is 2.89. The Morgan fingerprint density at radius 3 is 2.27 bits per heavy atom. The molecule has 2 saturated carbocycles. The van der Waals surface area contributed by atoms with E-state index in [1.54, 1.807) is 13.0 Å². The van der Waals surface area contributed by atoms with Gasteiger partial charge in [-0.3, -0.25) is 28.9 Å². The molecule has 1 aromatic rings. The molecule has 10 nitrogen and oxygen atoms in total. The molecule has 5 N–H and O–H groups in total. The number of rotatable bonds is 2. The third kappa shape index (κ3) is 3.01. The van der Waals surface area contributed by atoms with Crippen molar-refractivity contribution in [2.24, 2.45) is 29.4 Å². The van der Waals surface area contributed by atoms with Crippen LogP contribution in [-0.2, 0) is 19.2 Å². The number of amides is 1. The third-order valence-corrected chi connectivity index (χ3v) is 7.35. The van der Waals surface area contributed by atoms with E-state index in [4.69, 9.17) is 5.73 Å². The average Bonchev–Trinajstić information content (AvgIpc) is 2.70. The number of primary amides is 1. The first-order valence-electron chi connectivity index (χ1n) is 10.2. The highest BCUT2D eigenvalue weighted by Gasteiger charge is 2.72. The van der Waals surface area contributed by atoms with Crippen molar-refractivity contribution in [3.8, 4) is 5.75 Å². The van der Waals surface area contributed by atoms with Crippen molar-refractivity contribution in [1.82, 2.24) is 4.90 Å². The maximum absolute atomic E-state index is 13.6. The third-order valence-electron chi connectivity index (χ3n) is 7.35. The lowest BCUT2D eigenvalue weighted by Gasteiger charge is -2.55. The number of nitrogens with zero attached hydrogens (tertiary/aromatic N) is 1. The number of aromatic hydroxyl groups is 1. The Labute approximate surface area is 195 Å². The van der Waals surface area contributed by atoms with Gasteiger partial charge < -0.3 is 21.1 Å². The number of nitrogens with two attached hydrogens (primary N) is 1. The van der Waals surface area contributed by atoms with Crippen molar-refractivity contribution in [3.63, 3.8) is 0 Å². The number of aliphatic hydroxyl groups excluding tert-OH is 1. The Bertz CT molecular complexity index is 1090. The number of benzene rings is 1. The molecule has 0 radical (unpaired) electrons. The van der Waals surface area contributed by atoms with Crippen LogP contribution < -0.4 is 5.73 Å². The predicted molar refractivity (Wildman–Crippen MR) is 115 cm³/mol. The molecule has 8 atom stereocenters. The molecule has 3 aliphatic carbocycles. The second kappa shape index (κ2) is 7.98. The predicted octanol–water partition coefficient (Wildman–Crippen LogP) is -1.18. The summed E-state index contributed by atoms with van der Waals surface area (Å²) in [5, 5.41) is 33.1. The van der Waals surface area contributed by atoms with Crippen LogP contribution in [0.4, 0.5) is 0 Å². The van der Waals surface area contributed by atoms with Crippen molar-refractivity contribution in [2.75, 3.05) is 14.1 Å². The number of phenols is 1. The summed E-state index contributed by atoms with van der Waals surface area (Å²) in [6, 6.07) is 3.03. The van der Waals surface area contributed by atoms with E-state index < -0.39 is 76.4 Å². The Morgan fingerprint density at radius 2 is 1.73 bits per heavy atom. The van der Waals surface area contributed by atoms with Gasteiger partial charge in [0.15, 0.2) is 34.7 Å². The van der Waals surface area contributed by atoms with E-state index in [1.165, 1.54) is 31.1 Å². The summed E-state index contributed by atoms with van der Waals surface area (Å²) in [5.41, 5.74) is 2.58. The molecule has 2 unspecified atom stereocenters. The van der Waals surface area contributed by atoms with E-state index in [1.807, 2.05) is 0 Å². The molecular formula is C22H25ClN2O8. The molecule has 11 heteroatoms. The van der Waals surface area contributed by atoms with E-state index >= 15 is 0 Å². The minimum atomic E-state index is -2.97. The Kier molecular flexibility index (Phi) is 6.04. The van der Waals surface area contributed by atoms with Crippen LogP contribution in [-0.4, -0.2) is 81.1 Å². The van der Waals surface area contributed by atoms with E-state index in [-0.39, 0.29) is 23.7 Å². The number of Topliss-reactive ketones (excluding diaryl/α,β-unsaturated/α-hetero) is 4. The highest BCUT2D eigenvalue weighted by atomic mass is 35.5. The lowest BCUT2D eigenvalue weighted by Crippen LogP contribution is -2.77. The van der Waals surface area contributed by atoms with Gasteiger partial charge >= 0.3 is 0 Å². The van der Waals surface area contributed by atoms with Crippen LogP contribution in [0.1, 0.15) is 28.8 Å². The number of phenolic OH excluding ortho intramolecular Hbond substituents is 1. The maximum atomic E-state index is 13.6. The first-order valence-corrected chi connectivity index (χ1v) is 10.2. The molecule has 2 fully saturated rings. The summed E-state index contributed by atoms with van der Waals surface area (Å²) < 4.78 is 0.